The van der Waals surface area contributed by atoms with Gasteiger partial charge in [0.15, 0.2) is 0 Å². The molecule has 3 heteroatoms. The lowest BCUT2D eigenvalue weighted by Crippen LogP contribution is -1.94. The fourth-order valence-electron chi connectivity index (χ4n) is 9.13. The van der Waals surface area contributed by atoms with E-state index in [2.05, 4.69) is 162 Å². The Hall–Kier alpha value is -7.72. The van der Waals surface area contributed by atoms with Crippen LogP contribution in [-0.2, 0) is 0 Å². The Morgan fingerprint density at radius 2 is 0.818 bits per heavy atom. The third kappa shape index (κ3) is 4.42. The second kappa shape index (κ2) is 11.9. The molecule has 3 nitrogen and oxygen atoms in total. The number of benzene rings is 10. The molecular weight excluding hydrogens is 667 g/mol. The van der Waals surface area contributed by atoms with Gasteiger partial charge >= 0.3 is 0 Å². The van der Waals surface area contributed by atoms with Crippen LogP contribution in [0.25, 0.3) is 104 Å². The highest BCUT2D eigenvalue weighted by Crippen LogP contribution is 2.50. The Kier molecular flexibility index (Phi) is 6.68. The Bertz CT molecular complexity index is 3370. The molecule has 0 fully saturated rings. The lowest BCUT2D eigenvalue weighted by Gasteiger charge is -2.20. The smallest absolute Gasteiger partial charge is 0.0998 e. The van der Waals surface area contributed by atoms with Crippen molar-refractivity contribution in [2.24, 2.45) is 0 Å². The quantitative estimate of drug-likeness (QED) is 0.136. The molecule has 11 rings (SSSR count). The maximum Gasteiger partial charge on any atom is 0.0998 e. The number of fused-ring (bicyclic) bond motifs is 3. The van der Waals surface area contributed by atoms with Gasteiger partial charge in [-0.1, -0.05) is 133 Å². The Morgan fingerprint density at radius 1 is 0.345 bits per heavy atom. The predicted molar refractivity (Wildman–Crippen MR) is 228 cm³/mol. The summed E-state index contributed by atoms with van der Waals surface area (Å²) in [4.78, 5) is 0. The average Bonchev–Trinajstić information content (AvgIpc) is 3.60. The third-order valence-electron chi connectivity index (χ3n) is 11.4. The van der Waals surface area contributed by atoms with Crippen LogP contribution < -0.4 is 0 Å². The minimum absolute atomic E-state index is 0.619. The van der Waals surface area contributed by atoms with Gasteiger partial charge < -0.3 is 4.57 Å². The summed E-state index contributed by atoms with van der Waals surface area (Å²) < 4.78 is 2.26. The van der Waals surface area contributed by atoms with Crippen LogP contribution in [0.3, 0.4) is 0 Å². The molecule has 1 heterocycles. The van der Waals surface area contributed by atoms with Crippen molar-refractivity contribution in [2.75, 3.05) is 0 Å². The second-order valence-electron chi connectivity index (χ2n) is 14.2. The summed E-state index contributed by atoms with van der Waals surface area (Å²) in [6, 6.07) is 66.9. The molecule has 0 saturated heterocycles. The molecule has 0 unspecified atom stereocenters. The summed E-state index contributed by atoms with van der Waals surface area (Å²) in [5.41, 5.74) is 11.6. The molecule has 0 aliphatic carbocycles. The molecule has 0 amide bonds. The molecule has 0 bridgehead atoms. The number of nitriles is 2. The lowest BCUT2D eigenvalue weighted by molar-refractivity contribution is 1.18. The zero-order chi connectivity index (χ0) is 36.6. The third-order valence-corrected chi connectivity index (χ3v) is 11.4. The van der Waals surface area contributed by atoms with E-state index < -0.39 is 0 Å². The normalized spacial score (nSPS) is 11.6. The molecule has 55 heavy (non-hydrogen) atoms. The Labute approximate surface area is 317 Å². The van der Waals surface area contributed by atoms with E-state index in [1.807, 2.05) is 30.3 Å². The van der Waals surface area contributed by atoms with Crippen LogP contribution in [0.1, 0.15) is 11.1 Å². The van der Waals surface area contributed by atoms with E-state index in [-0.39, 0.29) is 0 Å². The van der Waals surface area contributed by atoms with Crippen LogP contribution in [-0.4, -0.2) is 4.57 Å². The standard InChI is InChI=1S/C52H29N3/c53-30-32-18-21-35(22-19-32)55-47-28-20-34(31-54)37-24-26-46-45(27-29-48(55)52(46)51(37)47)50-42-16-8-6-14-40(42)49(41-15-7-9-17-43(41)50)44-25-23-36(33-10-2-1-3-11-33)38-12-4-5-13-39(38)44/h1-29H. The zero-order valence-electron chi connectivity index (χ0n) is 29.6. The zero-order valence-corrected chi connectivity index (χ0v) is 29.6. The molecule has 11 aromatic rings. The molecule has 0 radical (unpaired) electrons. The van der Waals surface area contributed by atoms with Crippen molar-refractivity contribution in [3.05, 3.63) is 187 Å². The minimum atomic E-state index is 0.619. The van der Waals surface area contributed by atoms with Crippen molar-refractivity contribution in [2.45, 2.75) is 0 Å². The van der Waals surface area contributed by atoms with Gasteiger partial charge in [0, 0.05) is 21.8 Å². The SMILES string of the molecule is N#Cc1ccc(-n2c3ccc(C#N)c4ccc5c(-c6c7ccccc7c(-c7ccc(-c8ccccc8)c8ccccc78)c7ccccc67)ccc2c5c43)cc1. The summed E-state index contributed by atoms with van der Waals surface area (Å²) in [6.07, 6.45) is 0. The molecule has 252 valence electrons. The maximum absolute atomic E-state index is 10.2. The summed E-state index contributed by atoms with van der Waals surface area (Å²) in [6.45, 7) is 0. The highest BCUT2D eigenvalue weighted by molar-refractivity contribution is 6.31. The monoisotopic (exact) mass is 695 g/mol. The molecule has 0 aliphatic rings. The first-order valence-corrected chi connectivity index (χ1v) is 18.5. The van der Waals surface area contributed by atoms with E-state index in [1.54, 1.807) is 0 Å². The number of nitrogens with zero attached hydrogens (tertiary/aromatic N) is 3. The first kappa shape index (κ1) is 30.9. The van der Waals surface area contributed by atoms with Crippen LogP contribution in [0.15, 0.2) is 176 Å². The summed E-state index contributed by atoms with van der Waals surface area (Å²) in [5.74, 6) is 0. The van der Waals surface area contributed by atoms with Gasteiger partial charge in [0.05, 0.1) is 34.3 Å². The minimum Gasteiger partial charge on any atom is -0.309 e. The predicted octanol–water partition coefficient (Wildman–Crippen LogP) is 13.6. The number of aromatic nitrogens is 1. The molecule has 1 aromatic heterocycles. The summed E-state index contributed by atoms with van der Waals surface area (Å²) in [7, 11) is 0. The lowest BCUT2D eigenvalue weighted by atomic mass is 9.82. The molecule has 0 N–H and O–H groups in total. The van der Waals surface area contributed by atoms with Crippen molar-refractivity contribution in [3.8, 4) is 51.2 Å². The van der Waals surface area contributed by atoms with Crippen molar-refractivity contribution in [1.29, 1.82) is 10.5 Å². The second-order valence-corrected chi connectivity index (χ2v) is 14.2. The van der Waals surface area contributed by atoms with Crippen molar-refractivity contribution in [1.82, 2.24) is 4.57 Å². The van der Waals surface area contributed by atoms with Gasteiger partial charge in [-0.25, -0.2) is 0 Å². The van der Waals surface area contributed by atoms with E-state index >= 15 is 0 Å². The van der Waals surface area contributed by atoms with Crippen molar-refractivity contribution >= 4 is 64.9 Å². The van der Waals surface area contributed by atoms with Gasteiger partial charge in [0.1, 0.15) is 0 Å². The Balaban J connectivity index is 1.24. The van der Waals surface area contributed by atoms with Gasteiger partial charge in [0.25, 0.3) is 0 Å². The molecular formula is C52H29N3. The average molecular weight is 696 g/mol. The number of rotatable bonds is 4. The van der Waals surface area contributed by atoms with Gasteiger partial charge in [-0.05, 0) is 114 Å². The van der Waals surface area contributed by atoms with Gasteiger partial charge in [-0.3, -0.25) is 0 Å². The molecule has 10 aromatic carbocycles. The van der Waals surface area contributed by atoms with Crippen molar-refractivity contribution < 1.29 is 0 Å². The molecule has 0 atom stereocenters. The fourth-order valence-corrected chi connectivity index (χ4v) is 9.13. The highest BCUT2D eigenvalue weighted by atomic mass is 15.0. The van der Waals surface area contributed by atoms with Gasteiger partial charge in [-0.2, -0.15) is 10.5 Å². The summed E-state index contributed by atoms with van der Waals surface area (Å²) >= 11 is 0. The number of hydrogen-bond acceptors (Lipinski definition) is 2. The van der Waals surface area contributed by atoms with Crippen LogP contribution in [0, 0.1) is 22.7 Å². The Morgan fingerprint density at radius 3 is 1.42 bits per heavy atom. The first-order chi connectivity index (χ1) is 27.2. The first-order valence-electron chi connectivity index (χ1n) is 18.5. The summed E-state index contributed by atoms with van der Waals surface area (Å²) in [5, 5.41) is 31.2. The van der Waals surface area contributed by atoms with Crippen LogP contribution >= 0.6 is 0 Å². The van der Waals surface area contributed by atoms with Gasteiger partial charge in [0.2, 0.25) is 0 Å². The fraction of sp³-hybridized carbons (Fsp3) is 0. The van der Waals surface area contributed by atoms with E-state index in [0.29, 0.717) is 11.1 Å². The largest absolute Gasteiger partial charge is 0.309 e. The topological polar surface area (TPSA) is 52.5 Å². The van der Waals surface area contributed by atoms with E-state index in [9.17, 15) is 10.5 Å². The van der Waals surface area contributed by atoms with Crippen LogP contribution in [0.2, 0.25) is 0 Å². The van der Waals surface area contributed by atoms with E-state index in [0.717, 1.165) is 43.8 Å². The maximum atomic E-state index is 10.2. The van der Waals surface area contributed by atoms with E-state index in [1.165, 1.54) is 60.1 Å². The van der Waals surface area contributed by atoms with Crippen molar-refractivity contribution in [3.63, 3.8) is 0 Å². The van der Waals surface area contributed by atoms with Crippen LogP contribution in [0.5, 0.6) is 0 Å². The molecule has 0 aliphatic heterocycles. The van der Waals surface area contributed by atoms with E-state index in [4.69, 9.17) is 0 Å². The highest BCUT2D eigenvalue weighted by Gasteiger charge is 2.24. The number of hydrogen-bond donors (Lipinski definition) is 0. The molecule has 0 saturated carbocycles. The molecule has 0 spiro atoms. The van der Waals surface area contributed by atoms with Crippen LogP contribution in [0.4, 0.5) is 0 Å². The van der Waals surface area contributed by atoms with Gasteiger partial charge in [-0.15, -0.1) is 0 Å².